The van der Waals surface area contributed by atoms with Crippen LogP contribution in [0.1, 0.15) is 32.8 Å². The molecular weight excluding hydrogens is 238 g/mol. The van der Waals surface area contributed by atoms with Crippen LogP contribution in [0.25, 0.3) is 0 Å². The molecule has 1 atom stereocenters. The Morgan fingerprint density at radius 1 is 1.16 bits per heavy atom. The first kappa shape index (κ1) is 16.0. The molecule has 108 valence electrons. The van der Waals surface area contributed by atoms with E-state index in [0.29, 0.717) is 6.04 Å². The van der Waals surface area contributed by atoms with Crippen LogP contribution in [0.2, 0.25) is 0 Å². The van der Waals surface area contributed by atoms with Crippen LogP contribution in [0.3, 0.4) is 0 Å². The molecule has 3 heteroatoms. The molecular formula is C16H27NO2. The van der Waals surface area contributed by atoms with E-state index in [4.69, 9.17) is 9.47 Å². The molecule has 3 nitrogen and oxygen atoms in total. The van der Waals surface area contributed by atoms with Gasteiger partial charge < -0.3 is 14.8 Å². The van der Waals surface area contributed by atoms with Gasteiger partial charge in [-0.2, -0.15) is 0 Å². The van der Waals surface area contributed by atoms with Crippen molar-refractivity contribution >= 4 is 0 Å². The third-order valence-corrected chi connectivity index (χ3v) is 3.42. The highest BCUT2D eigenvalue weighted by Crippen LogP contribution is 2.15. The largest absolute Gasteiger partial charge is 0.497 e. The molecule has 0 aromatic heterocycles. The van der Waals surface area contributed by atoms with Gasteiger partial charge in [-0.3, -0.25) is 0 Å². The molecule has 0 heterocycles. The summed E-state index contributed by atoms with van der Waals surface area (Å²) in [7, 11) is 3.46. The molecule has 0 radical (unpaired) electrons. The van der Waals surface area contributed by atoms with Gasteiger partial charge in [0, 0.05) is 13.2 Å². The first-order valence-electron chi connectivity index (χ1n) is 6.88. The van der Waals surface area contributed by atoms with Crippen LogP contribution in [-0.4, -0.2) is 32.4 Å². The second-order valence-electron chi connectivity index (χ2n) is 5.62. The highest BCUT2D eigenvalue weighted by atomic mass is 16.5. The van der Waals surface area contributed by atoms with Crippen molar-refractivity contribution in [1.29, 1.82) is 0 Å². The lowest BCUT2D eigenvalue weighted by Crippen LogP contribution is -2.36. The number of rotatable bonds is 8. The van der Waals surface area contributed by atoms with E-state index in [2.05, 4.69) is 38.2 Å². The maximum absolute atomic E-state index is 5.44. The summed E-state index contributed by atoms with van der Waals surface area (Å²) in [6.45, 7) is 7.42. The zero-order chi connectivity index (χ0) is 14.3. The summed E-state index contributed by atoms with van der Waals surface area (Å²) in [6, 6.07) is 8.70. The fraction of sp³-hybridized carbons (Fsp3) is 0.625. The van der Waals surface area contributed by atoms with Crippen LogP contribution in [0, 0.1) is 0 Å². The number of nitrogens with one attached hydrogen (secondary N) is 1. The smallest absolute Gasteiger partial charge is 0.118 e. The maximum atomic E-state index is 5.44. The van der Waals surface area contributed by atoms with Crippen molar-refractivity contribution in [2.24, 2.45) is 0 Å². The number of methoxy groups -OCH3 is 2. The lowest BCUT2D eigenvalue weighted by Gasteiger charge is -2.27. The molecule has 0 spiro atoms. The molecule has 19 heavy (non-hydrogen) atoms. The van der Waals surface area contributed by atoms with Gasteiger partial charge in [0.25, 0.3) is 0 Å². The SMILES string of the molecule is COc1ccc(CCNC(C)CC(C)(C)OC)cc1. The molecule has 1 N–H and O–H groups in total. The van der Waals surface area contributed by atoms with Crippen molar-refractivity contribution in [1.82, 2.24) is 5.32 Å². The van der Waals surface area contributed by atoms with Gasteiger partial charge in [0.15, 0.2) is 0 Å². The molecule has 0 saturated carbocycles. The fourth-order valence-corrected chi connectivity index (χ4v) is 2.15. The summed E-state index contributed by atoms with van der Waals surface area (Å²) in [5, 5.41) is 3.54. The zero-order valence-electron chi connectivity index (χ0n) is 12.8. The van der Waals surface area contributed by atoms with Crippen LogP contribution < -0.4 is 10.1 Å². The first-order valence-corrected chi connectivity index (χ1v) is 6.88. The van der Waals surface area contributed by atoms with E-state index in [9.17, 15) is 0 Å². The van der Waals surface area contributed by atoms with Gasteiger partial charge in [-0.15, -0.1) is 0 Å². The first-order chi connectivity index (χ1) is 8.96. The van der Waals surface area contributed by atoms with Crippen LogP contribution in [0.4, 0.5) is 0 Å². The Morgan fingerprint density at radius 2 is 1.79 bits per heavy atom. The zero-order valence-corrected chi connectivity index (χ0v) is 12.8. The Labute approximate surface area is 117 Å². The molecule has 1 rings (SSSR count). The quantitative estimate of drug-likeness (QED) is 0.783. The van der Waals surface area contributed by atoms with Crippen LogP contribution in [0.15, 0.2) is 24.3 Å². The molecule has 0 aliphatic rings. The van der Waals surface area contributed by atoms with E-state index < -0.39 is 0 Å². The van der Waals surface area contributed by atoms with Crippen LogP contribution in [-0.2, 0) is 11.2 Å². The van der Waals surface area contributed by atoms with Crippen molar-refractivity contribution in [3.63, 3.8) is 0 Å². The molecule has 1 aromatic rings. The minimum absolute atomic E-state index is 0.0630. The van der Waals surface area contributed by atoms with E-state index in [0.717, 1.165) is 25.1 Å². The van der Waals surface area contributed by atoms with Crippen molar-refractivity contribution in [3.8, 4) is 5.75 Å². The van der Waals surface area contributed by atoms with Crippen molar-refractivity contribution < 1.29 is 9.47 Å². The number of hydrogen-bond donors (Lipinski definition) is 1. The van der Waals surface area contributed by atoms with Gasteiger partial charge in [-0.25, -0.2) is 0 Å². The highest BCUT2D eigenvalue weighted by molar-refractivity contribution is 5.27. The minimum Gasteiger partial charge on any atom is -0.497 e. The molecule has 0 saturated heterocycles. The highest BCUT2D eigenvalue weighted by Gasteiger charge is 2.19. The second kappa shape index (κ2) is 7.51. The Bertz CT molecular complexity index is 360. The summed E-state index contributed by atoms with van der Waals surface area (Å²) < 4.78 is 10.6. The molecule has 1 unspecified atom stereocenters. The van der Waals surface area contributed by atoms with Gasteiger partial charge in [0.2, 0.25) is 0 Å². The lowest BCUT2D eigenvalue weighted by molar-refractivity contribution is 0.00865. The maximum Gasteiger partial charge on any atom is 0.118 e. The number of ether oxygens (including phenoxy) is 2. The van der Waals surface area contributed by atoms with E-state index in [-0.39, 0.29) is 5.60 Å². The van der Waals surface area contributed by atoms with Crippen molar-refractivity contribution in [2.45, 2.75) is 45.3 Å². The van der Waals surface area contributed by atoms with Gasteiger partial charge in [-0.05, 0) is 57.9 Å². The lowest BCUT2D eigenvalue weighted by atomic mass is 10.00. The van der Waals surface area contributed by atoms with E-state index in [1.165, 1.54) is 5.56 Å². The summed E-state index contributed by atoms with van der Waals surface area (Å²) in [4.78, 5) is 0. The Morgan fingerprint density at radius 3 is 2.32 bits per heavy atom. The monoisotopic (exact) mass is 265 g/mol. The fourth-order valence-electron chi connectivity index (χ4n) is 2.15. The average Bonchev–Trinajstić information content (AvgIpc) is 2.39. The van der Waals surface area contributed by atoms with Gasteiger partial charge in [0.05, 0.1) is 12.7 Å². The van der Waals surface area contributed by atoms with Crippen LogP contribution in [0.5, 0.6) is 5.75 Å². The predicted molar refractivity (Wildman–Crippen MR) is 79.9 cm³/mol. The third kappa shape index (κ3) is 6.08. The standard InChI is InChI=1S/C16H27NO2/c1-13(12-16(2,3)19-5)17-11-10-14-6-8-15(18-4)9-7-14/h6-9,13,17H,10-12H2,1-5H3. The van der Waals surface area contributed by atoms with Gasteiger partial charge in [0.1, 0.15) is 5.75 Å². The topological polar surface area (TPSA) is 30.5 Å². The normalized spacial score (nSPS) is 13.3. The van der Waals surface area contributed by atoms with Gasteiger partial charge >= 0.3 is 0 Å². The molecule has 0 aliphatic carbocycles. The molecule has 0 aliphatic heterocycles. The minimum atomic E-state index is -0.0630. The summed E-state index contributed by atoms with van der Waals surface area (Å²) in [5.74, 6) is 0.909. The van der Waals surface area contributed by atoms with E-state index in [1.54, 1.807) is 14.2 Å². The second-order valence-corrected chi connectivity index (χ2v) is 5.62. The van der Waals surface area contributed by atoms with Crippen molar-refractivity contribution in [2.75, 3.05) is 20.8 Å². The molecule has 0 amide bonds. The molecule has 0 fully saturated rings. The number of benzene rings is 1. The molecule has 1 aromatic carbocycles. The Kier molecular flexibility index (Phi) is 6.32. The van der Waals surface area contributed by atoms with E-state index in [1.807, 2.05) is 12.1 Å². The summed E-state index contributed by atoms with van der Waals surface area (Å²) >= 11 is 0. The predicted octanol–water partition coefficient (Wildman–Crippen LogP) is 3.03. The van der Waals surface area contributed by atoms with E-state index >= 15 is 0 Å². The Hall–Kier alpha value is -1.06. The Balaban J connectivity index is 2.29. The summed E-state index contributed by atoms with van der Waals surface area (Å²) in [6.07, 6.45) is 2.04. The summed E-state index contributed by atoms with van der Waals surface area (Å²) in [5.41, 5.74) is 1.26. The van der Waals surface area contributed by atoms with Crippen molar-refractivity contribution in [3.05, 3.63) is 29.8 Å². The number of hydrogen-bond acceptors (Lipinski definition) is 3. The van der Waals surface area contributed by atoms with Gasteiger partial charge in [-0.1, -0.05) is 12.1 Å². The van der Waals surface area contributed by atoms with Crippen LogP contribution >= 0.6 is 0 Å². The third-order valence-electron chi connectivity index (χ3n) is 3.42. The average molecular weight is 265 g/mol. The molecule has 0 bridgehead atoms.